The maximum Gasteiger partial charge on any atom is 0.311 e. The summed E-state index contributed by atoms with van der Waals surface area (Å²) in [5.74, 6) is -3.25. The number of hydrazone groups is 1. The number of methoxy groups -OCH3 is 1. The largest absolute Gasteiger partial charge is 0.469 e. The third-order valence-corrected chi connectivity index (χ3v) is 3.69. The molecule has 0 aliphatic carbocycles. The lowest BCUT2D eigenvalue weighted by Crippen LogP contribution is -2.34. The van der Waals surface area contributed by atoms with E-state index in [1.807, 2.05) is 0 Å². The van der Waals surface area contributed by atoms with E-state index in [0.29, 0.717) is 10.7 Å². The number of halogens is 2. The van der Waals surface area contributed by atoms with E-state index in [4.69, 9.17) is 23.2 Å². The van der Waals surface area contributed by atoms with Crippen molar-refractivity contribution in [1.82, 2.24) is 0 Å². The predicted octanol–water partition coefficient (Wildman–Crippen LogP) is 2.03. The lowest BCUT2D eigenvalue weighted by atomic mass is 9.97. The Kier molecular flexibility index (Phi) is 5.15. The first-order valence-corrected chi connectivity index (χ1v) is 7.22. The van der Waals surface area contributed by atoms with Gasteiger partial charge in [-0.15, -0.1) is 11.6 Å². The molecule has 1 aliphatic heterocycles. The number of para-hydroxylation sites is 1. The Morgan fingerprint density at radius 2 is 2.05 bits per heavy atom. The molecule has 2 rings (SSSR count). The number of amides is 1. The molecule has 1 atom stereocenters. The van der Waals surface area contributed by atoms with Gasteiger partial charge in [-0.05, 0) is 12.1 Å². The molecule has 0 aromatic heterocycles. The second-order valence-electron chi connectivity index (χ2n) is 4.48. The van der Waals surface area contributed by atoms with Gasteiger partial charge in [0.25, 0.3) is 5.91 Å². The van der Waals surface area contributed by atoms with Crippen molar-refractivity contribution in [3.8, 4) is 0 Å². The van der Waals surface area contributed by atoms with Gasteiger partial charge in [-0.2, -0.15) is 10.1 Å². The topological polar surface area (TPSA) is 76.0 Å². The van der Waals surface area contributed by atoms with Crippen molar-refractivity contribution < 1.29 is 19.1 Å². The molecule has 0 fully saturated rings. The zero-order valence-corrected chi connectivity index (χ0v) is 13.1. The number of ketones is 1. The summed E-state index contributed by atoms with van der Waals surface area (Å²) in [6, 6.07) is 6.57. The minimum Gasteiger partial charge on any atom is -0.469 e. The molecule has 116 valence electrons. The minimum absolute atomic E-state index is 0.0995. The highest BCUT2D eigenvalue weighted by atomic mass is 35.5. The molecule has 1 aliphatic rings. The summed E-state index contributed by atoms with van der Waals surface area (Å²) in [6.45, 7) is 0. The number of Topliss-reactive ketones (excluding diaryl/α,β-unsaturated/α-hetero) is 1. The Hall–Kier alpha value is -1.92. The zero-order valence-electron chi connectivity index (χ0n) is 11.6. The number of alkyl halides is 1. The van der Waals surface area contributed by atoms with Gasteiger partial charge in [-0.3, -0.25) is 14.4 Å². The van der Waals surface area contributed by atoms with E-state index in [9.17, 15) is 14.4 Å². The quantitative estimate of drug-likeness (QED) is 0.466. The fourth-order valence-corrected chi connectivity index (χ4v) is 2.42. The highest BCUT2D eigenvalue weighted by Gasteiger charge is 2.42. The van der Waals surface area contributed by atoms with E-state index in [1.165, 1.54) is 7.11 Å². The SMILES string of the molecule is COC(=O)CC1=NN(c2ccccc2Cl)C(=O)C1C(=O)CCl. The first-order chi connectivity index (χ1) is 10.5. The summed E-state index contributed by atoms with van der Waals surface area (Å²) in [5, 5.41) is 5.40. The number of rotatable bonds is 5. The van der Waals surface area contributed by atoms with E-state index in [0.717, 1.165) is 5.01 Å². The summed E-state index contributed by atoms with van der Waals surface area (Å²) in [7, 11) is 1.21. The number of hydrogen-bond acceptors (Lipinski definition) is 5. The first-order valence-electron chi connectivity index (χ1n) is 6.31. The summed E-state index contributed by atoms with van der Waals surface area (Å²) < 4.78 is 4.55. The fraction of sp³-hybridized carbons (Fsp3) is 0.286. The van der Waals surface area contributed by atoms with Crippen molar-refractivity contribution in [2.75, 3.05) is 18.0 Å². The number of anilines is 1. The maximum absolute atomic E-state index is 12.5. The van der Waals surface area contributed by atoms with Crippen LogP contribution in [0.5, 0.6) is 0 Å². The number of carbonyl (C=O) groups is 3. The Balaban J connectivity index is 2.41. The molecule has 1 heterocycles. The Morgan fingerprint density at radius 1 is 1.36 bits per heavy atom. The van der Waals surface area contributed by atoms with Crippen molar-refractivity contribution in [2.45, 2.75) is 6.42 Å². The van der Waals surface area contributed by atoms with Crippen molar-refractivity contribution in [1.29, 1.82) is 0 Å². The Morgan fingerprint density at radius 3 is 2.64 bits per heavy atom. The number of benzene rings is 1. The van der Waals surface area contributed by atoms with Crippen LogP contribution in [0.1, 0.15) is 6.42 Å². The lowest BCUT2D eigenvalue weighted by Gasteiger charge is -2.14. The normalized spacial score (nSPS) is 17.4. The number of carbonyl (C=O) groups excluding carboxylic acids is 3. The smallest absolute Gasteiger partial charge is 0.311 e. The highest BCUT2D eigenvalue weighted by Crippen LogP contribution is 2.31. The van der Waals surface area contributed by atoms with Gasteiger partial charge in [-0.25, -0.2) is 0 Å². The average molecular weight is 343 g/mol. The van der Waals surface area contributed by atoms with Gasteiger partial charge in [0.15, 0.2) is 5.78 Å². The third-order valence-electron chi connectivity index (χ3n) is 3.10. The zero-order chi connectivity index (χ0) is 16.3. The fourth-order valence-electron chi connectivity index (χ4n) is 2.05. The molecule has 0 N–H and O–H groups in total. The second-order valence-corrected chi connectivity index (χ2v) is 5.15. The molecule has 0 spiro atoms. The van der Waals surface area contributed by atoms with Gasteiger partial charge in [0.1, 0.15) is 5.92 Å². The third kappa shape index (κ3) is 3.13. The number of hydrogen-bond donors (Lipinski definition) is 0. The number of nitrogens with zero attached hydrogens (tertiary/aromatic N) is 2. The van der Waals surface area contributed by atoms with Crippen molar-refractivity contribution in [3.05, 3.63) is 29.3 Å². The summed E-state index contributed by atoms with van der Waals surface area (Å²) in [4.78, 5) is 35.8. The molecule has 0 saturated heterocycles. The van der Waals surface area contributed by atoms with E-state index in [1.54, 1.807) is 24.3 Å². The molecule has 0 saturated carbocycles. The van der Waals surface area contributed by atoms with Crippen LogP contribution >= 0.6 is 23.2 Å². The van der Waals surface area contributed by atoms with Crippen LogP contribution in [0.2, 0.25) is 5.02 Å². The van der Waals surface area contributed by atoms with Gasteiger partial charge < -0.3 is 4.74 Å². The summed E-state index contributed by atoms with van der Waals surface area (Å²) in [5.41, 5.74) is 0.434. The number of ether oxygens (including phenoxy) is 1. The second kappa shape index (κ2) is 6.89. The molecular weight excluding hydrogens is 331 g/mol. The van der Waals surface area contributed by atoms with E-state index in [2.05, 4.69) is 9.84 Å². The average Bonchev–Trinajstić information content (AvgIpc) is 2.83. The highest BCUT2D eigenvalue weighted by molar-refractivity contribution is 6.38. The van der Waals surface area contributed by atoms with E-state index < -0.39 is 23.6 Å². The van der Waals surface area contributed by atoms with Crippen LogP contribution in [0.15, 0.2) is 29.4 Å². The lowest BCUT2D eigenvalue weighted by molar-refractivity contribution is -0.139. The van der Waals surface area contributed by atoms with Crippen LogP contribution < -0.4 is 5.01 Å². The van der Waals surface area contributed by atoms with Crippen LogP contribution in [0.25, 0.3) is 0 Å². The molecule has 22 heavy (non-hydrogen) atoms. The first kappa shape index (κ1) is 16.5. The molecule has 1 aromatic carbocycles. The Bertz CT molecular complexity index is 660. The van der Waals surface area contributed by atoms with Gasteiger partial charge in [0, 0.05) is 0 Å². The summed E-state index contributed by atoms with van der Waals surface area (Å²) in [6.07, 6.45) is -0.267. The maximum atomic E-state index is 12.5. The molecule has 0 bridgehead atoms. The Labute approximate surface area is 136 Å². The van der Waals surface area contributed by atoms with Crippen LogP contribution in [-0.2, 0) is 19.1 Å². The van der Waals surface area contributed by atoms with Crippen molar-refractivity contribution >= 4 is 52.3 Å². The van der Waals surface area contributed by atoms with E-state index in [-0.39, 0.29) is 18.0 Å². The predicted molar refractivity (Wildman–Crippen MR) is 82.2 cm³/mol. The number of esters is 1. The molecule has 1 amide bonds. The molecule has 8 heteroatoms. The standard InChI is InChI=1S/C14H12Cl2N2O4/c1-22-12(20)6-9-13(11(19)7-15)14(21)18(17-9)10-5-3-2-4-8(10)16/h2-5,13H,6-7H2,1H3. The van der Waals surface area contributed by atoms with Crippen molar-refractivity contribution in [3.63, 3.8) is 0 Å². The summed E-state index contributed by atoms with van der Waals surface area (Å²) >= 11 is 11.6. The molecule has 1 aromatic rings. The van der Waals surface area contributed by atoms with Crippen LogP contribution in [0, 0.1) is 5.92 Å². The molecule has 0 radical (unpaired) electrons. The molecular formula is C14H12Cl2N2O4. The van der Waals surface area contributed by atoms with E-state index >= 15 is 0 Å². The van der Waals surface area contributed by atoms with Gasteiger partial charge in [0.05, 0.1) is 35.8 Å². The monoisotopic (exact) mass is 342 g/mol. The molecule has 1 unspecified atom stereocenters. The van der Waals surface area contributed by atoms with Gasteiger partial charge in [-0.1, -0.05) is 23.7 Å². The van der Waals surface area contributed by atoms with Crippen LogP contribution in [0.4, 0.5) is 5.69 Å². The minimum atomic E-state index is -1.19. The van der Waals surface area contributed by atoms with Crippen LogP contribution in [0.3, 0.4) is 0 Å². The van der Waals surface area contributed by atoms with Crippen molar-refractivity contribution in [2.24, 2.45) is 11.0 Å². The molecule has 6 nitrogen and oxygen atoms in total. The van der Waals surface area contributed by atoms with Crippen LogP contribution in [-0.4, -0.2) is 36.4 Å². The van der Waals surface area contributed by atoms with Gasteiger partial charge in [0.2, 0.25) is 0 Å². The van der Waals surface area contributed by atoms with Gasteiger partial charge >= 0.3 is 5.97 Å².